The number of likely N-dealkylation sites (N-methyl/N-ethyl adjacent to an activating group) is 1. The first-order valence-corrected chi connectivity index (χ1v) is 10.2. The van der Waals surface area contributed by atoms with Crippen molar-refractivity contribution in [3.63, 3.8) is 0 Å². The van der Waals surface area contributed by atoms with Crippen LogP contribution in [0.4, 0.5) is 0 Å². The van der Waals surface area contributed by atoms with Gasteiger partial charge in [-0.1, -0.05) is 0 Å². The lowest BCUT2D eigenvalue weighted by atomic mass is 10.0. The van der Waals surface area contributed by atoms with Crippen molar-refractivity contribution in [2.24, 2.45) is 4.99 Å². The third-order valence-corrected chi connectivity index (χ3v) is 5.53. The molecule has 0 aromatic heterocycles. The smallest absolute Gasteiger partial charge is 0.191 e. The van der Waals surface area contributed by atoms with Gasteiger partial charge in [0.25, 0.3) is 0 Å². The van der Waals surface area contributed by atoms with Crippen LogP contribution in [-0.4, -0.2) is 112 Å². The Hall–Kier alpha value is -0.160. The van der Waals surface area contributed by atoms with Crippen molar-refractivity contribution in [3.05, 3.63) is 0 Å². The third kappa shape index (κ3) is 9.25. The largest absolute Gasteiger partial charge is 0.379 e. The molecule has 0 radical (unpaired) electrons. The first-order valence-electron chi connectivity index (χ1n) is 10.2. The van der Waals surface area contributed by atoms with Crippen LogP contribution in [0.3, 0.4) is 0 Å². The van der Waals surface area contributed by atoms with Crippen molar-refractivity contribution < 1.29 is 4.74 Å². The van der Waals surface area contributed by atoms with Gasteiger partial charge < -0.3 is 25.2 Å². The van der Waals surface area contributed by atoms with E-state index in [1.165, 1.54) is 32.6 Å². The molecule has 0 unspecified atom stereocenters. The lowest BCUT2D eigenvalue weighted by Gasteiger charge is -2.41. The summed E-state index contributed by atoms with van der Waals surface area (Å²) in [5, 5.41) is 6.96. The second-order valence-corrected chi connectivity index (χ2v) is 8.12. The van der Waals surface area contributed by atoms with Crippen molar-refractivity contribution in [2.45, 2.75) is 32.2 Å². The first kappa shape index (κ1) is 24.9. The highest BCUT2D eigenvalue weighted by molar-refractivity contribution is 14.0. The molecule has 27 heavy (non-hydrogen) atoms. The minimum Gasteiger partial charge on any atom is -0.379 e. The number of nitrogens with one attached hydrogen (secondary N) is 2. The van der Waals surface area contributed by atoms with Crippen LogP contribution in [0.25, 0.3) is 0 Å². The number of aliphatic imine (C=N–C) groups is 1. The van der Waals surface area contributed by atoms with Gasteiger partial charge in [-0.15, -0.1) is 24.0 Å². The lowest BCUT2D eigenvalue weighted by Crippen LogP contribution is -2.56. The Bertz CT molecular complexity index is 428. The van der Waals surface area contributed by atoms with Crippen molar-refractivity contribution in [1.82, 2.24) is 25.3 Å². The summed E-state index contributed by atoms with van der Waals surface area (Å²) in [6, 6.07) is 0. The maximum absolute atomic E-state index is 5.47. The monoisotopic (exact) mass is 496 g/mol. The molecule has 0 aliphatic carbocycles. The molecule has 0 saturated carbocycles. The van der Waals surface area contributed by atoms with Gasteiger partial charge in [0, 0.05) is 51.9 Å². The number of halogens is 1. The molecular weight excluding hydrogens is 455 g/mol. The van der Waals surface area contributed by atoms with Crippen LogP contribution in [0.15, 0.2) is 4.99 Å². The molecule has 0 aromatic carbocycles. The molecule has 8 heteroatoms. The van der Waals surface area contributed by atoms with Gasteiger partial charge in [-0.05, 0) is 53.4 Å². The zero-order chi connectivity index (χ0) is 18.8. The fraction of sp³-hybridized carbons (Fsp3) is 0.947. The Kier molecular flexibility index (Phi) is 12.1. The molecule has 2 saturated heterocycles. The molecule has 2 rings (SSSR count). The van der Waals surface area contributed by atoms with E-state index in [0.29, 0.717) is 0 Å². The van der Waals surface area contributed by atoms with Crippen LogP contribution in [0.1, 0.15) is 26.7 Å². The third-order valence-electron chi connectivity index (χ3n) is 5.53. The van der Waals surface area contributed by atoms with Crippen molar-refractivity contribution in [1.29, 1.82) is 0 Å². The fourth-order valence-electron chi connectivity index (χ4n) is 3.63. The van der Waals surface area contributed by atoms with Crippen LogP contribution in [0.2, 0.25) is 0 Å². The maximum atomic E-state index is 5.47. The second kappa shape index (κ2) is 13.1. The second-order valence-electron chi connectivity index (χ2n) is 8.12. The van der Waals surface area contributed by atoms with Crippen molar-refractivity contribution in [3.8, 4) is 0 Å². The standard InChI is InChI=1S/C19H40N6O.HI/c1-19(2,25-13-15-26-16-14-25)17-22-18(20-3)21-7-5-9-24-10-6-8-23(4)11-12-24;/h5-17H2,1-4H3,(H2,20,21,22);1H. The van der Waals surface area contributed by atoms with E-state index < -0.39 is 0 Å². The average Bonchev–Trinajstić information content (AvgIpc) is 2.86. The van der Waals surface area contributed by atoms with Gasteiger partial charge >= 0.3 is 0 Å². The van der Waals surface area contributed by atoms with E-state index in [2.05, 4.69) is 51.2 Å². The van der Waals surface area contributed by atoms with E-state index in [4.69, 9.17) is 4.74 Å². The molecule has 160 valence electrons. The SMILES string of the molecule is CN=C(NCCCN1CCCN(C)CC1)NCC(C)(C)N1CCOCC1.I. The molecule has 2 aliphatic rings. The molecular formula is C19H41IN6O. The molecule has 0 amide bonds. The predicted molar refractivity (Wildman–Crippen MR) is 124 cm³/mol. The molecule has 0 spiro atoms. The summed E-state index contributed by atoms with van der Waals surface area (Å²) in [4.78, 5) is 11.9. The Morgan fingerprint density at radius 1 is 1.04 bits per heavy atom. The van der Waals surface area contributed by atoms with Crippen molar-refractivity contribution in [2.75, 3.05) is 86.2 Å². The van der Waals surface area contributed by atoms with Gasteiger partial charge in [-0.2, -0.15) is 0 Å². The predicted octanol–water partition coefficient (Wildman–Crippen LogP) is 0.908. The summed E-state index contributed by atoms with van der Waals surface area (Å²) >= 11 is 0. The van der Waals surface area contributed by atoms with Crippen LogP contribution in [0, 0.1) is 0 Å². The molecule has 2 fully saturated rings. The summed E-state index contributed by atoms with van der Waals surface area (Å²) in [6.07, 6.45) is 2.43. The highest BCUT2D eigenvalue weighted by Crippen LogP contribution is 2.14. The van der Waals surface area contributed by atoms with Crippen LogP contribution >= 0.6 is 24.0 Å². The highest BCUT2D eigenvalue weighted by atomic mass is 127. The lowest BCUT2D eigenvalue weighted by molar-refractivity contribution is -0.00833. The Labute approximate surface area is 183 Å². The van der Waals surface area contributed by atoms with Crippen LogP contribution < -0.4 is 10.6 Å². The van der Waals surface area contributed by atoms with Gasteiger partial charge in [0.05, 0.1) is 13.2 Å². The summed E-state index contributed by atoms with van der Waals surface area (Å²) in [6.45, 7) is 16.1. The molecule has 2 N–H and O–H groups in total. The zero-order valence-electron chi connectivity index (χ0n) is 17.8. The van der Waals surface area contributed by atoms with E-state index in [9.17, 15) is 0 Å². The minimum absolute atomic E-state index is 0. The highest BCUT2D eigenvalue weighted by Gasteiger charge is 2.28. The van der Waals surface area contributed by atoms with E-state index in [1.54, 1.807) is 0 Å². The van der Waals surface area contributed by atoms with Gasteiger partial charge in [0.15, 0.2) is 5.96 Å². The number of hydrogen-bond acceptors (Lipinski definition) is 5. The van der Waals surface area contributed by atoms with Gasteiger partial charge in [-0.25, -0.2) is 0 Å². The summed E-state index contributed by atoms with van der Waals surface area (Å²) in [5.41, 5.74) is 0.0967. The Morgan fingerprint density at radius 2 is 1.78 bits per heavy atom. The summed E-state index contributed by atoms with van der Waals surface area (Å²) in [5.74, 6) is 0.905. The fourth-order valence-corrected chi connectivity index (χ4v) is 3.63. The minimum atomic E-state index is 0. The molecule has 0 aromatic rings. The number of rotatable bonds is 7. The normalized spacial score (nSPS) is 21.4. The zero-order valence-corrected chi connectivity index (χ0v) is 20.1. The van der Waals surface area contributed by atoms with Crippen LogP contribution in [0.5, 0.6) is 0 Å². The Morgan fingerprint density at radius 3 is 2.48 bits per heavy atom. The molecule has 0 bridgehead atoms. The molecule has 0 atom stereocenters. The van der Waals surface area contributed by atoms with Crippen molar-refractivity contribution >= 4 is 29.9 Å². The quantitative estimate of drug-likeness (QED) is 0.237. The van der Waals surface area contributed by atoms with Gasteiger partial charge in [0.2, 0.25) is 0 Å². The summed E-state index contributed by atoms with van der Waals surface area (Å²) < 4.78 is 5.47. The molecule has 2 heterocycles. The van der Waals surface area contributed by atoms with Crippen LogP contribution in [-0.2, 0) is 4.74 Å². The number of morpholine rings is 1. The van der Waals surface area contributed by atoms with E-state index in [0.717, 1.165) is 58.3 Å². The number of ether oxygens (including phenoxy) is 1. The number of guanidine groups is 1. The van der Waals surface area contributed by atoms with Gasteiger partial charge in [-0.3, -0.25) is 9.89 Å². The first-order chi connectivity index (χ1) is 12.5. The topological polar surface area (TPSA) is 55.4 Å². The number of nitrogens with zero attached hydrogens (tertiary/aromatic N) is 4. The Balaban J connectivity index is 0.00000364. The summed E-state index contributed by atoms with van der Waals surface area (Å²) in [7, 11) is 4.07. The van der Waals surface area contributed by atoms with Gasteiger partial charge in [0.1, 0.15) is 0 Å². The van der Waals surface area contributed by atoms with E-state index in [-0.39, 0.29) is 29.5 Å². The average molecular weight is 496 g/mol. The van der Waals surface area contributed by atoms with E-state index in [1.807, 2.05) is 7.05 Å². The van der Waals surface area contributed by atoms with E-state index >= 15 is 0 Å². The molecule has 7 nitrogen and oxygen atoms in total. The number of hydrogen-bond donors (Lipinski definition) is 2. The maximum Gasteiger partial charge on any atom is 0.191 e. The molecule has 2 aliphatic heterocycles.